The Balaban J connectivity index is 1.39. The van der Waals surface area contributed by atoms with Crippen molar-refractivity contribution in [3.63, 3.8) is 0 Å². The van der Waals surface area contributed by atoms with Gasteiger partial charge in [0.25, 0.3) is 11.5 Å². The van der Waals surface area contributed by atoms with Crippen LogP contribution in [0.3, 0.4) is 0 Å². The molecule has 1 amide bonds. The van der Waals surface area contributed by atoms with Crippen molar-refractivity contribution in [2.45, 2.75) is 6.42 Å². The van der Waals surface area contributed by atoms with Gasteiger partial charge in [-0.25, -0.2) is 8.78 Å². The largest absolute Gasteiger partial charge is 0.371 e. The number of benzene rings is 2. The fourth-order valence-electron chi connectivity index (χ4n) is 3.58. The molecule has 0 spiro atoms. The number of anilines is 1. The van der Waals surface area contributed by atoms with Crippen molar-refractivity contribution < 1.29 is 13.6 Å². The highest BCUT2D eigenvalue weighted by Gasteiger charge is 2.24. The first-order chi connectivity index (χ1) is 13.5. The molecule has 7 heteroatoms. The number of aromatic amines is 1. The number of nitrogens with one attached hydrogen (secondary N) is 2. The summed E-state index contributed by atoms with van der Waals surface area (Å²) in [6, 6.07) is 12.6. The van der Waals surface area contributed by atoms with E-state index in [1.807, 2.05) is 11.0 Å². The van der Waals surface area contributed by atoms with Crippen LogP contribution in [0.1, 0.15) is 16.9 Å². The number of rotatable bonds is 4. The van der Waals surface area contributed by atoms with Crippen molar-refractivity contribution in [3.05, 3.63) is 76.2 Å². The highest BCUT2D eigenvalue weighted by Crippen LogP contribution is 2.25. The summed E-state index contributed by atoms with van der Waals surface area (Å²) >= 11 is 0. The first-order valence-corrected chi connectivity index (χ1v) is 9.11. The summed E-state index contributed by atoms with van der Waals surface area (Å²) in [6.07, 6.45) is 0.827. The lowest BCUT2D eigenvalue weighted by Crippen LogP contribution is -2.32. The van der Waals surface area contributed by atoms with Crippen LogP contribution in [0, 0.1) is 17.6 Å². The molecule has 3 aromatic rings. The highest BCUT2D eigenvalue weighted by molar-refractivity contribution is 5.96. The van der Waals surface area contributed by atoms with E-state index in [0.717, 1.165) is 12.5 Å². The number of carbonyl (C=O) groups excluding carboxylic acids is 1. The van der Waals surface area contributed by atoms with Gasteiger partial charge in [0.1, 0.15) is 5.69 Å². The number of hydrogen-bond acceptors (Lipinski definition) is 3. The van der Waals surface area contributed by atoms with Crippen LogP contribution in [0.15, 0.2) is 53.3 Å². The lowest BCUT2D eigenvalue weighted by Gasteiger charge is -2.19. The van der Waals surface area contributed by atoms with E-state index >= 15 is 0 Å². The van der Waals surface area contributed by atoms with E-state index in [0.29, 0.717) is 36.1 Å². The zero-order valence-corrected chi connectivity index (χ0v) is 15.0. The fraction of sp³-hybridized carbons (Fsp3) is 0.238. The Morgan fingerprint density at radius 2 is 1.96 bits per heavy atom. The number of aromatic nitrogens is 1. The van der Waals surface area contributed by atoms with Gasteiger partial charge in [-0.1, -0.05) is 18.2 Å². The Bertz CT molecular complexity index is 1100. The van der Waals surface area contributed by atoms with Crippen LogP contribution in [0.4, 0.5) is 14.5 Å². The first-order valence-electron chi connectivity index (χ1n) is 9.11. The normalized spacial score (nSPS) is 16.5. The van der Waals surface area contributed by atoms with Crippen LogP contribution >= 0.6 is 0 Å². The van der Waals surface area contributed by atoms with Gasteiger partial charge >= 0.3 is 0 Å². The molecule has 0 aliphatic carbocycles. The van der Waals surface area contributed by atoms with Crippen molar-refractivity contribution >= 4 is 22.4 Å². The predicted octanol–water partition coefficient (Wildman–Crippen LogP) is 3.06. The zero-order chi connectivity index (χ0) is 19.7. The molecule has 0 radical (unpaired) electrons. The summed E-state index contributed by atoms with van der Waals surface area (Å²) < 4.78 is 26.5. The lowest BCUT2D eigenvalue weighted by molar-refractivity contribution is 0.0943. The topological polar surface area (TPSA) is 65.2 Å². The van der Waals surface area contributed by atoms with E-state index < -0.39 is 11.6 Å². The van der Waals surface area contributed by atoms with Crippen molar-refractivity contribution in [2.24, 2.45) is 5.92 Å². The Labute approximate surface area is 160 Å². The Hall–Kier alpha value is -3.22. The minimum absolute atomic E-state index is 0.184. The average Bonchev–Trinajstić information content (AvgIpc) is 3.17. The molecule has 0 saturated carbocycles. The summed E-state index contributed by atoms with van der Waals surface area (Å²) in [5, 5.41) is 4.10. The molecule has 1 aromatic heterocycles. The molecule has 28 heavy (non-hydrogen) atoms. The van der Waals surface area contributed by atoms with Crippen molar-refractivity contribution in [3.8, 4) is 0 Å². The van der Waals surface area contributed by atoms with Crippen LogP contribution in [-0.4, -0.2) is 30.5 Å². The van der Waals surface area contributed by atoms with Crippen LogP contribution in [0.2, 0.25) is 0 Å². The maximum absolute atomic E-state index is 13.4. The van der Waals surface area contributed by atoms with E-state index in [4.69, 9.17) is 0 Å². The summed E-state index contributed by atoms with van der Waals surface area (Å²) in [7, 11) is 0. The third kappa shape index (κ3) is 3.60. The van der Waals surface area contributed by atoms with Crippen LogP contribution in [-0.2, 0) is 0 Å². The van der Waals surface area contributed by atoms with Gasteiger partial charge in [-0.05, 0) is 42.0 Å². The second-order valence-corrected chi connectivity index (χ2v) is 7.01. The van der Waals surface area contributed by atoms with Crippen LogP contribution in [0.25, 0.3) is 10.8 Å². The molecule has 144 valence electrons. The molecule has 1 aliphatic rings. The Kier molecular flexibility index (Phi) is 4.81. The minimum atomic E-state index is -0.866. The number of nitrogens with zero attached hydrogens (tertiary/aromatic N) is 1. The second-order valence-electron chi connectivity index (χ2n) is 7.01. The quantitative estimate of drug-likeness (QED) is 0.728. The maximum atomic E-state index is 13.4. The van der Waals surface area contributed by atoms with Gasteiger partial charge in [0.2, 0.25) is 0 Å². The molecule has 1 atom stereocenters. The van der Waals surface area contributed by atoms with Gasteiger partial charge in [0.15, 0.2) is 11.6 Å². The molecule has 1 aliphatic heterocycles. The summed E-state index contributed by atoms with van der Waals surface area (Å²) in [6.45, 7) is 1.78. The molecule has 2 heterocycles. The number of pyridine rings is 1. The molecule has 2 aromatic carbocycles. The van der Waals surface area contributed by atoms with Crippen LogP contribution in [0.5, 0.6) is 0 Å². The first kappa shape index (κ1) is 18.2. The number of carbonyl (C=O) groups is 1. The molecular formula is C21H19F2N3O2. The smallest absolute Gasteiger partial charge is 0.267 e. The highest BCUT2D eigenvalue weighted by atomic mass is 19.2. The van der Waals surface area contributed by atoms with Gasteiger partial charge < -0.3 is 15.2 Å². The molecule has 1 saturated heterocycles. The van der Waals surface area contributed by atoms with Gasteiger partial charge in [-0.15, -0.1) is 0 Å². The van der Waals surface area contributed by atoms with Gasteiger partial charge in [-0.3, -0.25) is 9.59 Å². The molecule has 5 nitrogen and oxygen atoms in total. The van der Waals surface area contributed by atoms with Gasteiger partial charge in [-0.2, -0.15) is 0 Å². The number of fused-ring (bicyclic) bond motifs is 1. The summed E-state index contributed by atoms with van der Waals surface area (Å²) in [5.41, 5.74) is 0.555. The standard InChI is InChI=1S/C21H19F2N3O2/c22-17-6-5-15(10-18(17)23)26-8-7-13(12-26)11-24-21(28)19-9-14-3-1-2-4-16(14)20(27)25-19/h1-6,9-10,13H,7-8,11-12H2,(H,24,28)(H,25,27). The monoisotopic (exact) mass is 383 g/mol. The molecule has 1 unspecified atom stereocenters. The van der Waals surface area contributed by atoms with E-state index in [1.54, 1.807) is 30.3 Å². The Morgan fingerprint density at radius 3 is 2.79 bits per heavy atom. The third-order valence-corrected chi connectivity index (χ3v) is 5.10. The Morgan fingerprint density at radius 1 is 1.14 bits per heavy atom. The molecule has 0 bridgehead atoms. The van der Waals surface area contributed by atoms with E-state index in [-0.39, 0.29) is 23.1 Å². The SMILES string of the molecule is O=C(NCC1CCN(c2ccc(F)c(F)c2)C1)c1cc2ccccc2c(=O)[nH]1. The molecule has 1 fully saturated rings. The van der Waals surface area contributed by atoms with E-state index in [9.17, 15) is 18.4 Å². The van der Waals surface area contributed by atoms with E-state index in [1.165, 1.54) is 6.07 Å². The minimum Gasteiger partial charge on any atom is -0.371 e. The number of halogens is 2. The van der Waals surface area contributed by atoms with Crippen molar-refractivity contribution in [1.82, 2.24) is 10.3 Å². The number of amides is 1. The second kappa shape index (κ2) is 7.42. The molecule has 2 N–H and O–H groups in total. The van der Waals surface area contributed by atoms with Gasteiger partial charge in [0.05, 0.1) is 0 Å². The zero-order valence-electron chi connectivity index (χ0n) is 15.0. The summed E-state index contributed by atoms with van der Waals surface area (Å²) in [5.74, 6) is -1.89. The van der Waals surface area contributed by atoms with E-state index in [2.05, 4.69) is 10.3 Å². The average molecular weight is 383 g/mol. The van der Waals surface area contributed by atoms with Crippen LogP contribution < -0.4 is 15.8 Å². The number of hydrogen-bond donors (Lipinski definition) is 2. The lowest BCUT2D eigenvalue weighted by atomic mass is 10.1. The molecular weight excluding hydrogens is 364 g/mol. The fourth-order valence-corrected chi connectivity index (χ4v) is 3.58. The predicted molar refractivity (Wildman–Crippen MR) is 104 cm³/mol. The van der Waals surface area contributed by atoms with Gasteiger partial charge in [0, 0.05) is 36.8 Å². The van der Waals surface area contributed by atoms with Crippen molar-refractivity contribution in [2.75, 3.05) is 24.5 Å². The molecule has 4 rings (SSSR count). The van der Waals surface area contributed by atoms with Crippen molar-refractivity contribution in [1.29, 1.82) is 0 Å². The number of H-pyrrole nitrogens is 1. The maximum Gasteiger partial charge on any atom is 0.267 e. The third-order valence-electron chi connectivity index (χ3n) is 5.10. The summed E-state index contributed by atoms with van der Waals surface area (Å²) in [4.78, 5) is 29.1.